The number of esters is 2. The van der Waals surface area contributed by atoms with Crippen molar-refractivity contribution in [1.29, 1.82) is 0 Å². The zero-order valence-electron chi connectivity index (χ0n) is 40.4. The third-order valence-corrected chi connectivity index (χ3v) is 11.0. The average molecular weight is 904 g/mol. The van der Waals surface area contributed by atoms with Crippen LogP contribution in [0.1, 0.15) is 174 Å². The molecule has 10 nitrogen and oxygen atoms in total. The van der Waals surface area contributed by atoms with Crippen molar-refractivity contribution in [2.45, 2.75) is 187 Å². The van der Waals surface area contributed by atoms with E-state index in [2.05, 4.69) is 56.4 Å². The number of hydrogen-bond acceptors (Lipinski definition) is 9. The van der Waals surface area contributed by atoms with Crippen molar-refractivity contribution in [2.75, 3.05) is 47.5 Å². The number of carbonyl (C=O) groups is 2. The molecule has 0 aromatic carbocycles. The molecular weight excluding hydrogens is 814 g/mol. The van der Waals surface area contributed by atoms with Gasteiger partial charge in [0.15, 0.2) is 6.10 Å². The molecule has 11 heteroatoms. The van der Waals surface area contributed by atoms with E-state index in [-0.39, 0.29) is 26.1 Å². The van der Waals surface area contributed by atoms with Crippen LogP contribution in [0.4, 0.5) is 0 Å². The lowest BCUT2D eigenvalue weighted by Gasteiger charge is -2.28. The zero-order valence-corrected chi connectivity index (χ0v) is 41.2. The molecule has 0 spiro atoms. The van der Waals surface area contributed by atoms with Crippen LogP contribution in [0, 0.1) is 0 Å². The summed E-state index contributed by atoms with van der Waals surface area (Å²) in [4.78, 5) is 37.6. The van der Waals surface area contributed by atoms with Crippen LogP contribution in [0.3, 0.4) is 0 Å². The number of hydrogen-bond donors (Lipinski definition) is 1. The number of carbonyl (C=O) groups excluding carboxylic acids is 2. The summed E-state index contributed by atoms with van der Waals surface area (Å²) in [5.41, 5.74) is 0. The molecule has 1 N–H and O–H groups in total. The minimum atomic E-state index is -4.66. The molecule has 2 unspecified atom stereocenters. The molecule has 0 rings (SSSR count). The van der Waals surface area contributed by atoms with Crippen LogP contribution in [0.15, 0.2) is 85.1 Å². The number of allylic oxidation sites excluding steroid dienone is 12. The minimum Gasteiger partial charge on any atom is -0.756 e. The van der Waals surface area contributed by atoms with Gasteiger partial charge in [-0.05, 0) is 70.6 Å². The van der Waals surface area contributed by atoms with Gasteiger partial charge in [0.25, 0.3) is 7.82 Å². The SMILES string of the molecule is CC/C=C\CC(O)/C=C/C=C/C/C=C\C/C=C\C/C=C\CCC(=O)OC[C@H](COP(=O)([O-])OCC[N+](C)(C)C)OC(=O)CCCCCCCCCCC/C=C\CCCCCCCC. The number of aliphatic hydroxyl groups excluding tert-OH is 1. The zero-order chi connectivity index (χ0) is 46.5. The number of nitrogens with zero attached hydrogens (tertiary/aromatic N) is 1. The first-order valence-electron chi connectivity index (χ1n) is 24.4. The number of aliphatic hydroxyl groups is 1. The van der Waals surface area contributed by atoms with E-state index in [0.717, 1.165) is 44.9 Å². The minimum absolute atomic E-state index is 0.0529. The van der Waals surface area contributed by atoms with Crippen molar-refractivity contribution in [3.63, 3.8) is 0 Å². The molecule has 0 aromatic rings. The molecule has 362 valence electrons. The van der Waals surface area contributed by atoms with Crippen molar-refractivity contribution in [2.24, 2.45) is 0 Å². The molecule has 0 heterocycles. The van der Waals surface area contributed by atoms with Crippen LogP contribution >= 0.6 is 7.82 Å². The van der Waals surface area contributed by atoms with Crippen LogP contribution in [0.2, 0.25) is 0 Å². The van der Waals surface area contributed by atoms with E-state index in [4.69, 9.17) is 18.5 Å². The molecule has 0 aromatic heterocycles. The highest BCUT2D eigenvalue weighted by molar-refractivity contribution is 7.45. The van der Waals surface area contributed by atoms with Crippen LogP contribution in [0.25, 0.3) is 0 Å². The van der Waals surface area contributed by atoms with E-state index in [0.29, 0.717) is 30.3 Å². The largest absolute Gasteiger partial charge is 0.756 e. The molecule has 0 fully saturated rings. The van der Waals surface area contributed by atoms with Gasteiger partial charge in [0.1, 0.15) is 19.8 Å². The van der Waals surface area contributed by atoms with Gasteiger partial charge < -0.3 is 33.0 Å². The molecule has 0 aliphatic heterocycles. The number of likely N-dealkylation sites (N-methyl/N-ethyl adjacent to an activating group) is 1. The first-order chi connectivity index (χ1) is 30.4. The summed E-state index contributed by atoms with van der Waals surface area (Å²) in [6, 6.07) is 0. The molecule has 0 bridgehead atoms. The van der Waals surface area contributed by atoms with Crippen molar-refractivity contribution in [3.8, 4) is 0 Å². The Morgan fingerprint density at radius 2 is 1.14 bits per heavy atom. The van der Waals surface area contributed by atoms with Gasteiger partial charge >= 0.3 is 11.9 Å². The summed E-state index contributed by atoms with van der Waals surface area (Å²) >= 11 is 0. The summed E-state index contributed by atoms with van der Waals surface area (Å²) in [5.74, 6) is -0.960. The van der Waals surface area contributed by atoms with Gasteiger partial charge in [-0.1, -0.05) is 176 Å². The third kappa shape index (κ3) is 46.9. The maximum Gasteiger partial charge on any atom is 0.306 e. The van der Waals surface area contributed by atoms with E-state index in [9.17, 15) is 24.2 Å². The second-order valence-corrected chi connectivity index (χ2v) is 18.7. The van der Waals surface area contributed by atoms with Crippen molar-refractivity contribution < 1.29 is 47.2 Å². The summed E-state index contributed by atoms with van der Waals surface area (Å²) in [6.07, 6.45) is 52.4. The summed E-state index contributed by atoms with van der Waals surface area (Å²) < 4.78 is 33.9. The maximum absolute atomic E-state index is 12.7. The highest BCUT2D eigenvalue weighted by Crippen LogP contribution is 2.38. The van der Waals surface area contributed by atoms with E-state index in [1.54, 1.807) is 6.08 Å². The summed E-state index contributed by atoms with van der Waals surface area (Å²) in [6.45, 7) is 3.91. The number of unbranched alkanes of at least 4 members (excludes halogenated alkanes) is 15. The first kappa shape index (κ1) is 60.2. The average Bonchev–Trinajstić information content (AvgIpc) is 3.23. The monoisotopic (exact) mass is 904 g/mol. The second kappa shape index (κ2) is 43.1. The van der Waals surface area contributed by atoms with E-state index < -0.39 is 38.6 Å². The Morgan fingerprint density at radius 1 is 0.603 bits per heavy atom. The topological polar surface area (TPSA) is 131 Å². The van der Waals surface area contributed by atoms with Gasteiger partial charge in [0.05, 0.1) is 33.9 Å². The fourth-order valence-corrected chi connectivity index (χ4v) is 6.90. The molecular formula is C52H90NO9P. The molecule has 0 radical (unpaired) electrons. The van der Waals surface area contributed by atoms with Crippen LogP contribution in [-0.4, -0.2) is 81.2 Å². The molecule has 0 amide bonds. The van der Waals surface area contributed by atoms with E-state index in [1.807, 2.05) is 57.6 Å². The van der Waals surface area contributed by atoms with Crippen molar-refractivity contribution in [3.05, 3.63) is 85.1 Å². The Balaban J connectivity index is 4.45. The molecule has 0 saturated carbocycles. The number of rotatable bonds is 43. The number of ether oxygens (including phenoxy) is 2. The summed E-state index contributed by atoms with van der Waals surface area (Å²) in [7, 11) is 1.09. The Hall–Kier alpha value is -2.85. The van der Waals surface area contributed by atoms with Crippen molar-refractivity contribution >= 4 is 19.8 Å². The number of phosphoric acid groups is 1. The lowest BCUT2D eigenvalue weighted by molar-refractivity contribution is -0.870. The first-order valence-corrected chi connectivity index (χ1v) is 25.9. The van der Waals surface area contributed by atoms with Gasteiger partial charge in [-0.25, -0.2) is 0 Å². The molecule has 0 saturated heterocycles. The third-order valence-electron chi connectivity index (χ3n) is 9.99. The second-order valence-electron chi connectivity index (χ2n) is 17.3. The summed E-state index contributed by atoms with van der Waals surface area (Å²) in [5, 5.41) is 9.85. The predicted molar refractivity (Wildman–Crippen MR) is 260 cm³/mol. The Labute approximate surface area is 384 Å². The highest BCUT2D eigenvalue weighted by atomic mass is 31.2. The lowest BCUT2D eigenvalue weighted by Crippen LogP contribution is -2.37. The normalized spacial score (nSPS) is 14.7. The molecule has 0 aliphatic rings. The maximum atomic E-state index is 12.7. The quantitative estimate of drug-likeness (QED) is 0.0159. The number of quaternary nitrogens is 1. The highest BCUT2D eigenvalue weighted by Gasteiger charge is 2.21. The van der Waals surface area contributed by atoms with Gasteiger partial charge in [0, 0.05) is 12.8 Å². The van der Waals surface area contributed by atoms with E-state index in [1.165, 1.54) is 83.5 Å². The lowest BCUT2D eigenvalue weighted by atomic mass is 10.1. The van der Waals surface area contributed by atoms with Gasteiger partial charge in [-0.15, -0.1) is 0 Å². The van der Waals surface area contributed by atoms with Crippen molar-refractivity contribution in [1.82, 2.24) is 0 Å². The van der Waals surface area contributed by atoms with Gasteiger partial charge in [-0.2, -0.15) is 0 Å². The number of phosphoric ester groups is 1. The van der Waals surface area contributed by atoms with Gasteiger partial charge in [-0.3, -0.25) is 14.2 Å². The fraction of sp³-hybridized carbons (Fsp3) is 0.692. The Kier molecular flexibility index (Phi) is 41.1. The molecule has 63 heavy (non-hydrogen) atoms. The Morgan fingerprint density at radius 3 is 1.73 bits per heavy atom. The molecule has 3 atom stereocenters. The fourth-order valence-electron chi connectivity index (χ4n) is 6.17. The van der Waals surface area contributed by atoms with Crippen LogP contribution < -0.4 is 4.89 Å². The van der Waals surface area contributed by atoms with E-state index >= 15 is 0 Å². The molecule has 0 aliphatic carbocycles. The van der Waals surface area contributed by atoms with Crippen LogP contribution in [-0.2, 0) is 32.7 Å². The smallest absolute Gasteiger partial charge is 0.306 e. The van der Waals surface area contributed by atoms with Gasteiger partial charge in [0.2, 0.25) is 0 Å². The predicted octanol–water partition coefficient (Wildman–Crippen LogP) is 12.7. The Bertz CT molecular complexity index is 1360. The standard InChI is InChI=1S/C52H90NO9P/c1-6-8-10-11-12-13-14-15-16-17-18-19-20-23-27-30-33-36-40-44-52(56)62-50(48-61-63(57,58)60-46-45-53(3,4)5)47-59-51(55)43-39-35-32-29-26-24-21-22-25-28-31-34-38-42-49(54)41-37-9-7-2/h9,15-16,22,24-26,31-32,34-35,37-38,42,49-50,54H,6-8,10-14,17-21,23,27-30,33,36,39-41,43-48H2,1-5H3/b16-15-,25-22-,26-24-,34-31+,35-32-,37-9-,42-38+/t49?,50-/m1/s1. The van der Waals surface area contributed by atoms with Crippen LogP contribution in [0.5, 0.6) is 0 Å².